The fraction of sp³-hybridized carbons (Fsp3) is 0.931. The minimum Gasteiger partial charge on any atom is -0.320 e. The van der Waals surface area contributed by atoms with Crippen LogP contribution in [-0.2, 0) is 9.68 Å². The minimum absolute atomic E-state index is 0.0586. The van der Waals surface area contributed by atoms with Crippen molar-refractivity contribution in [3.63, 3.8) is 0 Å². The standard InChI is InChI=1S/C29H58N6O4/c1-26(2)18-22(19-27(3,4)32(26)11)34(24(36)30(9)38-13)16-15-17-35(25(37)31(10)39-14)23-20-28(5,6)33(12)29(7,8)21-23/h22-23H,15-21H2,1-14H3. The zero-order valence-corrected chi connectivity index (χ0v) is 27.4. The molecule has 39 heavy (non-hydrogen) atoms. The predicted molar refractivity (Wildman–Crippen MR) is 156 cm³/mol. The van der Waals surface area contributed by atoms with Crippen LogP contribution in [0.4, 0.5) is 9.59 Å². The first-order valence-corrected chi connectivity index (χ1v) is 14.4. The number of rotatable bonds is 8. The number of carbonyl (C=O) groups excluding carboxylic acids is 2. The van der Waals surface area contributed by atoms with Crippen LogP contribution >= 0.6 is 0 Å². The van der Waals surface area contributed by atoms with E-state index in [1.165, 1.54) is 24.3 Å². The van der Waals surface area contributed by atoms with E-state index in [1.54, 1.807) is 14.1 Å². The highest BCUT2D eigenvalue weighted by Crippen LogP contribution is 2.40. The van der Waals surface area contributed by atoms with Crippen LogP contribution in [0.1, 0.15) is 87.5 Å². The van der Waals surface area contributed by atoms with E-state index >= 15 is 0 Å². The quantitative estimate of drug-likeness (QED) is 0.411. The van der Waals surface area contributed by atoms with Crippen molar-refractivity contribution < 1.29 is 19.3 Å². The van der Waals surface area contributed by atoms with Crippen molar-refractivity contribution in [2.75, 3.05) is 55.5 Å². The van der Waals surface area contributed by atoms with E-state index in [9.17, 15) is 9.59 Å². The van der Waals surface area contributed by atoms with Gasteiger partial charge in [-0.1, -0.05) is 0 Å². The smallest absolute Gasteiger partial charge is 0.320 e. The third-order valence-electron chi connectivity index (χ3n) is 9.83. The Kier molecular flexibility index (Phi) is 10.4. The summed E-state index contributed by atoms with van der Waals surface area (Å²) in [5.74, 6) is 0. The van der Waals surface area contributed by atoms with Gasteiger partial charge in [-0.05, 0) is 102 Å². The van der Waals surface area contributed by atoms with Gasteiger partial charge < -0.3 is 9.80 Å². The van der Waals surface area contributed by atoms with Gasteiger partial charge in [-0.25, -0.2) is 19.7 Å². The molecule has 2 saturated heterocycles. The number of urea groups is 2. The monoisotopic (exact) mass is 554 g/mol. The van der Waals surface area contributed by atoms with E-state index < -0.39 is 0 Å². The van der Waals surface area contributed by atoms with Crippen LogP contribution in [0.25, 0.3) is 0 Å². The highest BCUT2D eigenvalue weighted by atomic mass is 16.7. The van der Waals surface area contributed by atoms with Crippen molar-refractivity contribution in [1.82, 2.24) is 29.7 Å². The van der Waals surface area contributed by atoms with E-state index in [2.05, 4.69) is 79.3 Å². The van der Waals surface area contributed by atoms with E-state index in [1.807, 2.05) is 9.80 Å². The molecular weight excluding hydrogens is 496 g/mol. The predicted octanol–water partition coefficient (Wildman–Crippen LogP) is 4.51. The van der Waals surface area contributed by atoms with Crippen molar-refractivity contribution in [3.8, 4) is 0 Å². The zero-order chi connectivity index (χ0) is 30.1. The maximum Gasteiger partial charge on any atom is 0.343 e. The Bertz CT molecular complexity index is 757. The van der Waals surface area contributed by atoms with Crippen LogP contribution in [0.15, 0.2) is 0 Å². The first-order valence-electron chi connectivity index (χ1n) is 14.4. The second-order valence-electron chi connectivity index (χ2n) is 14.2. The van der Waals surface area contributed by atoms with E-state index in [0.29, 0.717) is 19.5 Å². The van der Waals surface area contributed by atoms with Gasteiger partial charge in [-0.15, -0.1) is 0 Å². The molecule has 0 atom stereocenters. The molecule has 2 aliphatic heterocycles. The molecule has 0 aliphatic carbocycles. The largest absolute Gasteiger partial charge is 0.343 e. The van der Waals surface area contributed by atoms with Crippen molar-refractivity contribution in [2.24, 2.45) is 0 Å². The van der Waals surface area contributed by atoms with Gasteiger partial charge in [0.05, 0.1) is 14.2 Å². The average Bonchev–Trinajstić information content (AvgIpc) is 2.83. The highest BCUT2D eigenvalue weighted by Gasteiger charge is 2.47. The summed E-state index contributed by atoms with van der Waals surface area (Å²) in [7, 11) is 10.7. The molecule has 10 heteroatoms. The maximum atomic E-state index is 13.5. The first-order chi connectivity index (χ1) is 17.7. The summed E-state index contributed by atoms with van der Waals surface area (Å²) in [5.41, 5.74) is -0.258. The molecule has 2 aliphatic rings. The summed E-state index contributed by atoms with van der Waals surface area (Å²) < 4.78 is 0. The molecule has 10 nitrogen and oxygen atoms in total. The van der Waals surface area contributed by atoms with Crippen LogP contribution in [0, 0.1) is 0 Å². The van der Waals surface area contributed by atoms with Gasteiger partial charge >= 0.3 is 12.1 Å². The number of amides is 4. The lowest BCUT2D eigenvalue weighted by molar-refractivity contribution is -0.0943. The fourth-order valence-corrected chi connectivity index (χ4v) is 6.88. The van der Waals surface area contributed by atoms with E-state index in [-0.39, 0.29) is 46.3 Å². The number of piperidine rings is 2. The Morgan fingerprint density at radius 3 is 1.13 bits per heavy atom. The number of nitrogens with zero attached hydrogens (tertiary/aromatic N) is 6. The van der Waals surface area contributed by atoms with Gasteiger partial charge in [0.2, 0.25) is 0 Å². The van der Waals surface area contributed by atoms with Crippen molar-refractivity contribution >= 4 is 12.1 Å². The lowest BCUT2D eigenvalue weighted by Gasteiger charge is -2.56. The van der Waals surface area contributed by atoms with E-state index in [0.717, 1.165) is 25.7 Å². The Morgan fingerprint density at radius 1 is 0.641 bits per heavy atom. The van der Waals surface area contributed by atoms with Gasteiger partial charge in [0.25, 0.3) is 0 Å². The molecule has 0 aromatic rings. The number of carbonyl (C=O) groups is 2. The van der Waals surface area contributed by atoms with Crippen LogP contribution in [0.3, 0.4) is 0 Å². The molecule has 0 radical (unpaired) electrons. The van der Waals surface area contributed by atoms with Gasteiger partial charge in [-0.2, -0.15) is 0 Å². The zero-order valence-electron chi connectivity index (χ0n) is 27.4. The second kappa shape index (κ2) is 12.1. The molecule has 0 unspecified atom stereocenters. The summed E-state index contributed by atoms with van der Waals surface area (Å²) in [4.78, 5) is 46.5. The molecule has 0 aromatic carbocycles. The van der Waals surface area contributed by atoms with Crippen LogP contribution in [0.2, 0.25) is 0 Å². The topological polar surface area (TPSA) is 72.0 Å². The third-order valence-corrected chi connectivity index (χ3v) is 9.83. The lowest BCUT2D eigenvalue weighted by atomic mass is 9.76. The number of hydrogen-bond acceptors (Lipinski definition) is 6. The molecule has 2 fully saturated rings. The van der Waals surface area contributed by atoms with Gasteiger partial charge in [0, 0.05) is 61.4 Å². The average molecular weight is 555 g/mol. The molecular formula is C29H58N6O4. The minimum atomic E-state index is -0.146. The molecule has 0 spiro atoms. The SMILES string of the molecule is CON(C)C(=O)N(CCCN(C(=O)N(C)OC)C1CC(C)(C)N(C)C(C)(C)C1)C1CC(C)(C)N(C)C(C)(C)C1. The molecule has 0 aromatic heterocycles. The third kappa shape index (κ3) is 7.37. The fourth-order valence-electron chi connectivity index (χ4n) is 6.88. The molecule has 4 amide bonds. The Morgan fingerprint density at radius 2 is 0.897 bits per heavy atom. The number of likely N-dealkylation sites (tertiary alicyclic amines) is 2. The Balaban J connectivity index is 2.31. The molecule has 228 valence electrons. The van der Waals surface area contributed by atoms with Crippen molar-refractivity contribution in [2.45, 2.75) is 122 Å². The van der Waals surface area contributed by atoms with Crippen LogP contribution in [0.5, 0.6) is 0 Å². The molecule has 0 bridgehead atoms. The normalized spacial score (nSPS) is 23.3. The van der Waals surface area contributed by atoms with Crippen LogP contribution < -0.4 is 0 Å². The van der Waals surface area contributed by atoms with Crippen molar-refractivity contribution in [1.29, 1.82) is 0 Å². The van der Waals surface area contributed by atoms with Gasteiger partial charge in [0.1, 0.15) is 0 Å². The first kappa shape index (κ1) is 33.6. The number of hydroxylamine groups is 4. The second-order valence-corrected chi connectivity index (χ2v) is 14.2. The number of hydrogen-bond donors (Lipinski definition) is 0. The Hall–Kier alpha value is -1.62. The van der Waals surface area contributed by atoms with Gasteiger partial charge in [0.15, 0.2) is 0 Å². The lowest BCUT2D eigenvalue weighted by Crippen LogP contribution is -2.64. The highest BCUT2D eigenvalue weighted by molar-refractivity contribution is 5.74. The molecule has 0 saturated carbocycles. The summed E-state index contributed by atoms with van der Waals surface area (Å²) in [5, 5.41) is 2.61. The maximum absolute atomic E-state index is 13.5. The summed E-state index contributed by atoms with van der Waals surface area (Å²) >= 11 is 0. The van der Waals surface area contributed by atoms with Crippen LogP contribution in [-0.4, -0.2) is 132 Å². The molecule has 2 rings (SSSR count). The molecule has 2 heterocycles. The molecule has 0 N–H and O–H groups in total. The summed E-state index contributed by atoms with van der Waals surface area (Å²) in [6.07, 6.45) is 4.11. The Labute approximate surface area is 238 Å². The van der Waals surface area contributed by atoms with Gasteiger partial charge in [-0.3, -0.25) is 19.5 Å². The summed E-state index contributed by atoms with van der Waals surface area (Å²) in [6, 6.07) is -0.175. The summed E-state index contributed by atoms with van der Waals surface area (Å²) in [6.45, 7) is 19.0. The van der Waals surface area contributed by atoms with Crippen molar-refractivity contribution in [3.05, 3.63) is 0 Å². The van der Waals surface area contributed by atoms with E-state index in [4.69, 9.17) is 9.68 Å².